The Labute approximate surface area is 114 Å². The SMILES string of the molecule is NC(=O)c1cc(-c2ccc(F)c(F)c2)[nH]c1CC1CC1. The molecule has 0 unspecified atom stereocenters. The zero-order valence-corrected chi connectivity index (χ0v) is 10.7. The molecule has 1 aliphatic carbocycles. The molecule has 0 spiro atoms. The maximum absolute atomic E-state index is 13.3. The summed E-state index contributed by atoms with van der Waals surface area (Å²) in [5.74, 6) is -1.73. The van der Waals surface area contributed by atoms with Crippen LogP contribution < -0.4 is 5.73 Å². The van der Waals surface area contributed by atoms with Crippen LogP contribution in [0.4, 0.5) is 8.78 Å². The second-order valence-electron chi connectivity index (χ2n) is 5.22. The van der Waals surface area contributed by atoms with Gasteiger partial charge >= 0.3 is 0 Å². The minimum Gasteiger partial charge on any atom is -0.366 e. The first-order chi connectivity index (χ1) is 9.54. The molecule has 0 bridgehead atoms. The summed E-state index contributed by atoms with van der Waals surface area (Å²) in [4.78, 5) is 14.6. The lowest BCUT2D eigenvalue weighted by atomic mass is 10.1. The van der Waals surface area contributed by atoms with Crippen LogP contribution in [0.15, 0.2) is 24.3 Å². The maximum Gasteiger partial charge on any atom is 0.250 e. The van der Waals surface area contributed by atoms with Crippen LogP contribution in [-0.4, -0.2) is 10.9 Å². The topological polar surface area (TPSA) is 58.9 Å². The summed E-state index contributed by atoms with van der Waals surface area (Å²) in [6.45, 7) is 0. The summed E-state index contributed by atoms with van der Waals surface area (Å²) in [5.41, 5.74) is 7.64. The number of amides is 1. The van der Waals surface area contributed by atoms with E-state index in [0.717, 1.165) is 37.1 Å². The molecular formula is C15H14F2N2O. The minimum absolute atomic E-state index is 0.427. The molecule has 1 aliphatic rings. The molecule has 20 heavy (non-hydrogen) atoms. The third-order valence-electron chi connectivity index (χ3n) is 3.59. The number of nitrogens with one attached hydrogen (secondary N) is 1. The molecule has 1 heterocycles. The average Bonchev–Trinajstić information content (AvgIpc) is 3.10. The Bertz CT molecular complexity index is 675. The molecule has 1 fully saturated rings. The Morgan fingerprint density at radius 1 is 1.25 bits per heavy atom. The van der Waals surface area contributed by atoms with E-state index in [9.17, 15) is 13.6 Å². The van der Waals surface area contributed by atoms with Crippen molar-refractivity contribution in [3.8, 4) is 11.3 Å². The van der Waals surface area contributed by atoms with Crippen LogP contribution in [0.1, 0.15) is 28.9 Å². The van der Waals surface area contributed by atoms with Crippen molar-refractivity contribution in [2.45, 2.75) is 19.3 Å². The number of hydrogen-bond donors (Lipinski definition) is 2. The van der Waals surface area contributed by atoms with E-state index in [1.165, 1.54) is 6.07 Å². The highest BCUT2D eigenvalue weighted by Crippen LogP contribution is 2.34. The van der Waals surface area contributed by atoms with Gasteiger partial charge in [0.15, 0.2) is 11.6 Å². The number of primary amides is 1. The molecule has 3 N–H and O–H groups in total. The number of aromatic nitrogens is 1. The molecule has 0 aliphatic heterocycles. The molecule has 1 saturated carbocycles. The van der Waals surface area contributed by atoms with E-state index < -0.39 is 17.5 Å². The number of H-pyrrole nitrogens is 1. The van der Waals surface area contributed by atoms with Gasteiger partial charge in [-0.2, -0.15) is 0 Å². The van der Waals surface area contributed by atoms with Crippen molar-refractivity contribution >= 4 is 5.91 Å². The predicted octanol–water partition coefficient (Wildman–Crippen LogP) is 3.01. The van der Waals surface area contributed by atoms with E-state index in [1.807, 2.05) is 0 Å². The monoisotopic (exact) mass is 276 g/mol. The van der Waals surface area contributed by atoms with Crippen LogP contribution >= 0.6 is 0 Å². The summed E-state index contributed by atoms with van der Waals surface area (Å²) in [5, 5.41) is 0. The predicted molar refractivity (Wildman–Crippen MR) is 71.1 cm³/mol. The van der Waals surface area contributed by atoms with Gasteiger partial charge in [0.1, 0.15) is 0 Å². The molecule has 0 atom stereocenters. The fourth-order valence-corrected chi connectivity index (χ4v) is 2.31. The number of aromatic amines is 1. The van der Waals surface area contributed by atoms with Crippen molar-refractivity contribution in [3.63, 3.8) is 0 Å². The first-order valence-corrected chi connectivity index (χ1v) is 6.51. The molecule has 1 amide bonds. The van der Waals surface area contributed by atoms with E-state index in [2.05, 4.69) is 4.98 Å². The van der Waals surface area contributed by atoms with Gasteiger partial charge in [-0.05, 0) is 49.4 Å². The number of carbonyl (C=O) groups excluding carboxylic acids is 1. The third-order valence-corrected chi connectivity index (χ3v) is 3.59. The summed E-state index contributed by atoms with van der Waals surface area (Å²) < 4.78 is 26.2. The number of benzene rings is 1. The van der Waals surface area contributed by atoms with E-state index in [4.69, 9.17) is 5.73 Å². The van der Waals surface area contributed by atoms with Crippen LogP contribution in [0.25, 0.3) is 11.3 Å². The van der Waals surface area contributed by atoms with E-state index in [0.29, 0.717) is 22.7 Å². The number of rotatable bonds is 4. The summed E-state index contributed by atoms with van der Waals surface area (Å²) in [6.07, 6.45) is 3.07. The van der Waals surface area contributed by atoms with Gasteiger partial charge in [0.25, 0.3) is 5.91 Å². The standard InChI is InChI=1S/C15H14F2N2O/c16-11-4-3-9(6-12(11)17)13-7-10(15(18)20)14(19-13)5-8-1-2-8/h3-4,6-8,19H,1-2,5H2,(H2,18,20). The zero-order valence-electron chi connectivity index (χ0n) is 10.7. The van der Waals surface area contributed by atoms with Crippen molar-refractivity contribution in [1.29, 1.82) is 0 Å². The second kappa shape index (κ2) is 4.74. The Kier molecular flexibility index (Phi) is 3.04. The van der Waals surface area contributed by atoms with Gasteiger partial charge in [-0.15, -0.1) is 0 Å². The Hall–Kier alpha value is -2.17. The van der Waals surface area contributed by atoms with Crippen LogP contribution in [0, 0.1) is 17.6 Å². The first kappa shape index (κ1) is 12.8. The van der Waals surface area contributed by atoms with Gasteiger partial charge in [-0.25, -0.2) is 8.78 Å². The molecule has 2 aromatic rings. The molecule has 3 nitrogen and oxygen atoms in total. The zero-order chi connectivity index (χ0) is 14.3. The molecule has 1 aromatic heterocycles. The maximum atomic E-state index is 13.3. The normalized spacial score (nSPS) is 14.5. The van der Waals surface area contributed by atoms with Crippen LogP contribution in [-0.2, 0) is 6.42 Å². The van der Waals surface area contributed by atoms with Gasteiger partial charge in [-0.3, -0.25) is 4.79 Å². The second-order valence-corrected chi connectivity index (χ2v) is 5.22. The van der Waals surface area contributed by atoms with E-state index in [1.54, 1.807) is 6.07 Å². The minimum atomic E-state index is -0.915. The lowest BCUT2D eigenvalue weighted by molar-refractivity contribution is 0.0999. The lowest BCUT2D eigenvalue weighted by Crippen LogP contribution is -2.12. The van der Waals surface area contributed by atoms with Crippen molar-refractivity contribution in [2.75, 3.05) is 0 Å². The molecule has 5 heteroatoms. The number of halogens is 2. The average molecular weight is 276 g/mol. The Morgan fingerprint density at radius 3 is 2.60 bits per heavy atom. The fourth-order valence-electron chi connectivity index (χ4n) is 2.31. The van der Waals surface area contributed by atoms with Crippen molar-refractivity contribution < 1.29 is 13.6 Å². The van der Waals surface area contributed by atoms with E-state index >= 15 is 0 Å². The molecule has 0 radical (unpaired) electrons. The summed E-state index contributed by atoms with van der Waals surface area (Å²) in [6, 6.07) is 5.24. The number of carbonyl (C=O) groups is 1. The highest BCUT2D eigenvalue weighted by atomic mass is 19.2. The van der Waals surface area contributed by atoms with Gasteiger partial charge in [0.2, 0.25) is 0 Å². The molecular weight excluding hydrogens is 262 g/mol. The Morgan fingerprint density at radius 2 is 2.00 bits per heavy atom. The third kappa shape index (κ3) is 2.43. The van der Waals surface area contributed by atoms with Gasteiger partial charge in [-0.1, -0.05) is 0 Å². The van der Waals surface area contributed by atoms with Crippen molar-refractivity contribution in [1.82, 2.24) is 4.98 Å². The van der Waals surface area contributed by atoms with Gasteiger partial charge in [0.05, 0.1) is 5.56 Å². The van der Waals surface area contributed by atoms with Crippen LogP contribution in [0.3, 0.4) is 0 Å². The van der Waals surface area contributed by atoms with Crippen LogP contribution in [0.2, 0.25) is 0 Å². The molecule has 3 rings (SSSR count). The summed E-state index contributed by atoms with van der Waals surface area (Å²) in [7, 11) is 0. The Balaban J connectivity index is 2.00. The largest absolute Gasteiger partial charge is 0.366 e. The van der Waals surface area contributed by atoms with E-state index in [-0.39, 0.29) is 0 Å². The first-order valence-electron chi connectivity index (χ1n) is 6.51. The smallest absolute Gasteiger partial charge is 0.250 e. The van der Waals surface area contributed by atoms with Crippen LogP contribution in [0.5, 0.6) is 0 Å². The quantitative estimate of drug-likeness (QED) is 0.886. The molecule has 0 saturated heterocycles. The lowest BCUT2D eigenvalue weighted by Gasteiger charge is -2.00. The fraction of sp³-hybridized carbons (Fsp3) is 0.267. The van der Waals surface area contributed by atoms with Gasteiger partial charge < -0.3 is 10.7 Å². The number of hydrogen-bond acceptors (Lipinski definition) is 1. The number of nitrogens with two attached hydrogens (primary N) is 1. The summed E-state index contributed by atoms with van der Waals surface area (Å²) >= 11 is 0. The molecule has 1 aromatic carbocycles. The van der Waals surface area contributed by atoms with Crippen molar-refractivity contribution in [2.24, 2.45) is 11.7 Å². The van der Waals surface area contributed by atoms with Crippen molar-refractivity contribution in [3.05, 3.63) is 47.2 Å². The van der Waals surface area contributed by atoms with Gasteiger partial charge in [0, 0.05) is 17.0 Å². The highest BCUT2D eigenvalue weighted by molar-refractivity contribution is 5.95. The highest BCUT2D eigenvalue weighted by Gasteiger charge is 2.25. The molecule has 104 valence electrons.